The van der Waals surface area contributed by atoms with Gasteiger partial charge in [-0.25, -0.2) is 0 Å². The van der Waals surface area contributed by atoms with Crippen LogP contribution in [0.15, 0.2) is 151 Å². The second kappa shape index (κ2) is 41.0. The topological polar surface area (TPSA) is 423 Å². The number of aliphatic hydroxyl groups is 1. The summed E-state index contributed by atoms with van der Waals surface area (Å²) >= 11 is 6.26. The number of halogens is 1. The van der Waals surface area contributed by atoms with Gasteiger partial charge in [-0.3, -0.25) is 57.8 Å². The number of likely N-dealkylation sites (tertiary alicyclic amines) is 1. The van der Waals surface area contributed by atoms with E-state index in [1.54, 1.807) is 66.7 Å². The lowest BCUT2D eigenvalue weighted by Gasteiger charge is -2.31. The van der Waals surface area contributed by atoms with E-state index in [-0.39, 0.29) is 82.8 Å². The minimum Gasteiger partial charge on any atom is -0.394 e. The molecule has 0 spiro atoms. The van der Waals surface area contributed by atoms with Gasteiger partial charge < -0.3 is 85.1 Å². The third-order valence-electron chi connectivity index (χ3n) is 19.0. The summed E-state index contributed by atoms with van der Waals surface area (Å²) in [6.45, 7) is 7.58. The summed E-state index contributed by atoms with van der Waals surface area (Å²) in [5.74, 6) is -8.24. The molecular formula is C79H103ClN16O12. The number of nitrogens with two attached hydrogens (primary N) is 4. The normalized spacial score (nSPS) is 16.2. The number of amides is 10. The molecule has 108 heavy (non-hydrogen) atoms. The summed E-state index contributed by atoms with van der Waals surface area (Å²) in [6, 6.07) is 30.3. The van der Waals surface area contributed by atoms with Gasteiger partial charge in [0.05, 0.1) is 25.9 Å². The molecule has 578 valence electrons. The monoisotopic (exact) mass is 1500 g/mol. The highest BCUT2D eigenvalue weighted by Gasteiger charge is 2.40. The molecule has 10 atom stereocenters. The largest absolute Gasteiger partial charge is 0.394 e. The average molecular weight is 1500 g/mol. The van der Waals surface area contributed by atoms with Gasteiger partial charge in [0.1, 0.15) is 54.4 Å². The number of guanidine groups is 1. The molecule has 6 aromatic carbocycles. The van der Waals surface area contributed by atoms with Gasteiger partial charge in [-0.15, -0.1) is 0 Å². The summed E-state index contributed by atoms with van der Waals surface area (Å²) in [5, 5.41) is 35.6. The van der Waals surface area contributed by atoms with Crippen molar-refractivity contribution in [2.45, 2.75) is 152 Å². The summed E-state index contributed by atoms with van der Waals surface area (Å²) in [4.78, 5) is 154. The maximum Gasteiger partial charge on any atom is 0.245 e. The number of rotatable bonds is 38. The van der Waals surface area contributed by atoms with Crippen LogP contribution >= 0.6 is 11.6 Å². The van der Waals surface area contributed by atoms with Gasteiger partial charge in [-0.1, -0.05) is 147 Å². The minimum atomic E-state index is -1.76. The van der Waals surface area contributed by atoms with E-state index in [4.69, 9.17) is 39.3 Å². The Morgan fingerprint density at radius 1 is 0.537 bits per heavy atom. The van der Waals surface area contributed by atoms with Crippen LogP contribution in [0.4, 0.5) is 5.69 Å². The van der Waals surface area contributed by atoms with Crippen LogP contribution in [0.3, 0.4) is 0 Å². The fourth-order valence-corrected chi connectivity index (χ4v) is 13.0. The van der Waals surface area contributed by atoms with Crippen molar-refractivity contribution in [2.75, 3.05) is 65.0 Å². The van der Waals surface area contributed by atoms with Crippen LogP contribution < -0.4 is 70.4 Å². The van der Waals surface area contributed by atoms with Crippen LogP contribution in [-0.2, 0) is 91.3 Å². The number of primary amides is 1. The number of carbonyl (C=O) groups excluding carboxylic acids is 10. The second-order valence-electron chi connectivity index (χ2n) is 28.2. The van der Waals surface area contributed by atoms with Crippen molar-refractivity contribution in [3.8, 4) is 0 Å². The van der Waals surface area contributed by atoms with E-state index in [2.05, 4.69) is 52.4 Å². The first-order valence-corrected chi connectivity index (χ1v) is 36.9. The van der Waals surface area contributed by atoms with E-state index in [9.17, 15) is 43.5 Å². The number of hydrogen-bond donors (Lipinski definition) is 13. The predicted octanol–water partition coefficient (Wildman–Crippen LogP) is 1.70. The van der Waals surface area contributed by atoms with Gasteiger partial charge >= 0.3 is 0 Å². The first-order chi connectivity index (χ1) is 51.7. The Morgan fingerprint density at radius 3 is 1.54 bits per heavy atom. The van der Waals surface area contributed by atoms with Crippen molar-refractivity contribution < 1.29 is 57.8 Å². The Balaban J connectivity index is 1.06. The first-order valence-electron chi connectivity index (χ1n) is 36.5. The number of hydrogen-bond acceptors (Lipinski definition) is 16. The number of fused-ring (bicyclic) bond motifs is 1. The van der Waals surface area contributed by atoms with Gasteiger partial charge in [-0.2, -0.15) is 0 Å². The number of aliphatic hydroxyl groups excluding tert-OH is 1. The molecule has 8 rings (SSSR count). The zero-order valence-electron chi connectivity index (χ0n) is 61.8. The maximum atomic E-state index is 15.4. The molecule has 0 aromatic heterocycles. The highest BCUT2D eigenvalue weighted by molar-refractivity contribution is 6.30. The Labute approximate surface area is 635 Å². The van der Waals surface area contributed by atoms with Crippen LogP contribution in [0, 0.1) is 5.92 Å². The Hall–Kier alpha value is -10.5. The highest BCUT2D eigenvalue weighted by Crippen LogP contribution is 2.23. The summed E-state index contributed by atoms with van der Waals surface area (Å²) in [7, 11) is 3.70. The van der Waals surface area contributed by atoms with Crippen molar-refractivity contribution in [2.24, 2.45) is 33.8 Å². The van der Waals surface area contributed by atoms with E-state index in [1.165, 1.54) is 11.8 Å². The van der Waals surface area contributed by atoms with Crippen molar-refractivity contribution >= 4 is 93.1 Å². The van der Waals surface area contributed by atoms with E-state index in [1.807, 2.05) is 112 Å². The number of anilines is 1. The molecule has 0 bridgehead atoms. The third-order valence-corrected chi connectivity index (χ3v) is 19.2. The fraction of sp³-hybridized carbons (Fsp3) is 0.430. The number of nitrogens with one attached hydrogen (secondary N) is 8. The quantitative estimate of drug-likeness (QED) is 0.0149. The lowest BCUT2D eigenvalue weighted by Crippen LogP contribution is -2.61. The summed E-state index contributed by atoms with van der Waals surface area (Å²) in [5.41, 5.74) is 28.2. The molecule has 2 heterocycles. The second-order valence-corrected chi connectivity index (χ2v) is 28.6. The Morgan fingerprint density at radius 2 is 1.00 bits per heavy atom. The molecule has 29 heteroatoms. The van der Waals surface area contributed by atoms with Crippen LogP contribution in [0.1, 0.15) is 86.3 Å². The molecule has 0 aliphatic carbocycles. The molecule has 2 saturated heterocycles. The minimum absolute atomic E-state index is 0.000854. The molecule has 6 aromatic rings. The summed E-state index contributed by atoms with van der Waals surface area (Å²) in [6.07, 6.45) is 0.547. The first kappa shape index (κ1) is 83.1. The van der Waals surface area contributed by atoms with Gasteiger partial charge in [0.15, 0.2) is 5.96 Å². The fourth-order valence-electron chi connectivity index (χ4n) is 12.9. The van der Waals surface area contributed by atoms with Crippen molar-refractivity contribution in [3.63, 3.8) is 0 Å². The average Bonchev–Trinajstić information content (AvgIpc) is 1.45. The smallest absolute Gasteiger partial charge is 0.245 e. The van der Waals surface area contributed by atoms with Gasteiger partial charge in [0, 0.05) is 83.2 Å². The lowest BCUT2D eigenvalue weighted by atomic mass is 9.99. The third kappa shape index (κ3) is 25.6. The number of carbonyl (C=O) groups is 10. The number of morpholine rings is 1. The van der Waals surface area contributed by atoms with Crippen molar-refractivity contribution in [3.05, 3.63) is 184 Å². The number of ether oxygens (including phenoxy) is 1. The molecule has 17 N–H and O–H groups in total. The number of nitrogens with zero attached hydrogens (tertiary/aromatic N) is 4. The van der Waals surface area contributed by atoms with Crippen LogP contribution in [0.25, 0.3) is 10.8 Å². The molecule has 0 radical (unpaired) electrons. The number of aliphatic imine (C=N–C) groups is 1. The zero-order valence-corrected chi connectivity index (χ0v) is 62.6. The van der Waals surface area contributed by atoms with E-state index < -0.39 is 126 Å². The molecule has 2 aliphatic heterocycles. The standard InChI is InChI=1S/C79H103ClN16O12/c1-48(2)39-62(71(100)87-61(17-11-33-85-79(83)84)78(107)96-34-12-18-68(96)77(106)86-49(3)69(82)98)89-73(102)65(43-51-19-21-54(22-20-51)46-95-35-37-108-38-36-95)91-74(103)66(45-53-26-31-59(32-27-53)94(4)5)92-76(105)67(47-97)93-75(104)64(42-50-13-7-6-8-14-50)90-72(101)63(44-52-24-29-58(80)30-25-52)88-70(99)60(81)41-55-23-28-56-15-9-10-16-57(56)40-55/h6-10,13-16,19-32,40,48-49,60-68,97H,11-12,17-18,33-39,41-47,81H2,1-5H3,(H2,82,98)(H,86,106)(H,87,100)(H,88,99)(H,89,102)(H,90,101)(H,91,103)(H,92,105)(H,93,104)(H4,83,84,85)/t49-,60-,61+,62+,63-,64-,65-,66+,67+,68+/m1/s1. The van der Waals surface area contributed by atoms with Gasteiger partial charge in [-0.05, 0) is 120 Å². The molecule has 2 aliphatic rings. The Kier molecular flexibility index (Phi) is 31.6. The molecule has 0 saturated carbocycles. The van der Waals surface area contributed by atoms with E-state index in [0.29, 0.717) is 53.5 Å². The predicted molar refractivity (Wildman–Crippen MR) is 413 cm³/mol. The van der Waals surface area contributed by atoms with E-state index in [0.717, 1.165) is 40.7 Å². The molecule has 2 fully saturated rings. The zero-order chi connectivity index (χ0) is 78.0. The summed E-state index contributed by atoms with van der Waals surface area (Å²) < 4.78 is 5.56. The SMILES string of the molecule is CC(C)C[C@H](NC(=O)[C@@H](Cc1ccc(CN2CCOCC2)cc1)NC(=O)[C@H](Cc1ccc(N(C)C)cc1)NC(=O)[C@H](CO)NC(=O)[C@@H](Cc1ccccc1)NC(=O)[C@@H](Cc1ccc(Cl)cc1)NC(=O)[C@H](N)Cc1ccc2ccccc2c1)C(=O)N[C@@H](CCCN=C(N)N)C(=O)N1CCC[C@H]1C(=O)N[C@H](C)C(N)=O. The van der Waals surface area contributed by atoms with E-state index >= 15 is 9.59 Å². The Bertz CT molecular complexity index is 4070. The maximum absolute atomic E-state index is 15.4. The van der Waals surface area contributed by atoms with Crippen LogP contribution in [0.5, 0.6) is 0 Å². The van der Waals surface area contributed by atoms with Crippen LogP contribution in [-0.4, -0.2) is 200 Å². The number of benzene rings is 6. The van der Waals surface area contributed by atoms with Gasteiger partial charge in [0.25, 0.3) is 0 Å². The van der Waals surface area contributed by atoms with Gasteiger partial charge in [0.2, 0.25) is 59.1 Å². The van der Waals surface area contributed by atoms with Crippen molar-refractivity contribution in [1.82, 2.24) is 52.3 Å². The lowest BCUT2D eigenvalue weighted by molar-refractivity contribution is -0.142. The van der Waals surface area contributed by atoms with Crippen molar-refractivity contribution in [1.29, 1.82) is 0 Å². The van der Waals surface area contributed by atoms with Crippen LogP contribution in [0.2, 0.25) is 5.02 Å². The molecular weight excluding hydrogens is 1400 g/mol. The molecule has 28 nitrogen and oxygen atoms in total. The highest BCUT2D eigenvalue weighted by atomic mass is 35.5. The molecule has 10 amide bonds. The molecule has 0 unspecified atom stereocenters.